The molecule has 0 radical (unpaired) electrons. The molecule has 0 bridgehead atoms. The lowest BCUT2D eigenvalue weighted by Gasteiger charge is -2.53. The first kappa shape index (κ1) is 41.4. The van der Waals surface area contributed by atoms with Gasteiger partial charge in [-0.2, -0.15) is 0 Å². The van der Waals surface area contributed by atoms with Gasteiger partial charge < -0.3 is 34.6 Å². The molecule has 272 valence electrons. The van der Waals surface area contributed by atoms with Crippen LogP contribution in [0.1, 0.15) is 98.8 Å². The summed E-state index contributed by atoms with van der Waals surface area (Å²) in [5.74, 6) is -5.37. The monoisotopic (exact) mass is 686 g/mol. The number of allylic oxidation sites excluding steroid dienone is 4. The van der Waals surface area contributed by atoms with Gasteiger partial charge in [0.2, 0.25) is 0 Å². The van der Waals surface area contributed by atoms with E-state index in [-0.39, 0.29) is 17.9 Å². The number of esters is 1. The average Bonchev–Trinajstić information content (AvgIpc) is 3.04. The topological polar surface area (TPSA) is 177 Å². The molecule has 2 rings (SSSR count). The van der Waals surface area contributed by atoms with Crippen molar-refractivity contribution in [2.75, 3.05) is 0 Å². The van der Waals surface area contributed by atoms with E-state index in [0.717, 1.165) is 62.0 Å². The lowest BCUT2D eigenvalue weighted by Crippen LogP contribution is -2.59. The van der Waals surface area contributed by atoms with E-state index in [1.54, 1.807) is 38.2 Å². The molecule has 2 heterocycles. The summed E-state index contributed by atoms with van der Waals surface area (Å²) in [5, 5.41) is 37.5. The highest BCUT2D eigenvalue weighted by Gasteiger charge is 2.54. The molecule has 4 N–H and O–H groups in total. The van der Waals surface area contributed by atoms with E-state index in [1.165, 1.54) is 6.08 Å². The maximum atomic E-state index is 12.9. The van der Waals surface area contributed by atoms with Gasteiger partial charge in [-0.25, -0.2) is 19.2 Å². The molecule has 0 aromatic rings. The molecular formula is C38H54O11. The number of unbranched alkanes of at least 4 members (excludes halogenated alkanes) is 3. The van der Waals surface area contributed by atoms with Crippen molar-refractivity contribution < 1.29 is 53.8 Å². The number of hydrogen-bond acceptors (Lipinski definition) is 8. The molecule has 0 aromatic carbocycles. The molecule has 11 nitrogen and oxygen atoms in total. The van der Waals surface area contributed by atoms with Crippen molar-refractivity contribution in [2.45, 2.75) is 129 Å². The Morgan fingerprint density at radius 1 is 0.857 bits per heavy atom. The summed E-state index contributed by atoms with van der Waals surface area (Å²) < 4.78 is 19.6. The van der Waals surface area contributed by atoms with Gasteiger partial charge in [-0.15, -0.1) is 0 Å². The van der Waals surface area contributed by atoms with Gasteiger partial charge in [-0.05, 0) is 57.4 Å². The molecule has 2 aliphatic heterocycles. The van der Waals surface area contributed by atoms with E-state index < -0.39 is 47.5 Å². The summed E-state index contributed by atoms with van der Waals surface area (Å²) >= 11 is 0. The van der Waals surface area contributed by atoms with Crippen molar-refractivity contribution in [3.63, 3.8) is 0 Å². The van der Waals surface area contributed by atoms with Gasteiger partial charge in [-0.3, -0.25) is 0 Å². The molecule has 49 heavy (non-hydrogen) atoms. The Bertz CT molecular complexity index is 1320. The Balaban J connectivity index is 2.36. The number of hydrogen-bond donors (Lipinski definition) is 4. The number of carbonyl (C=O) groups is 4. The summed E-state index contributed by atoms with van der Waals surface area (Å²) in [4.78, 5) is 46.1. The highest BCUT2D eigenvalue weighted by Crippen LogP contribution is 2.48. The van der Waals surface area contributed by atoms with Crippen LogP contribution >= 0.6 is 0 Å². The highest BCUT2D eigenvalue weighted by atomic mass is 16.7. The summed E-state index contributed by atoms with van der Waals surface area (Å²) in [6.07, 6.45) is 19.1. The standard InChI is InChI=1S/C38H54O11/c1-6-7-8-9-21-37(49-36(46)19-18-34(42)43)23-24-38(48-32(37)16-12-27(3)25-35(44)45)22-20-29(5)31(47-38)15-11-26(2)10-14-30(39)28(4)13-17-33(40)41/h10-14,16-19,25,28-32,39H,6-9,15,20-24H2,1-5H3,(H,40,41)(H,42,43)(H,44,45)/b14-10+,16-12+,17-13+,19-18+,26-11+,27-25+/t28-,29-,30-,31+,32-,37+,38-/m0/s1. The Labute approximate surface area is 289 Å². The molecule has 0 aliphatic carbocycles. The summed E-state index contributed by atoms with van der Waals surface area (Å²) in [6, 6.07) is 0. The van der Waals surface area contributed by atoms with Crippen LogP contribution in [0.2, 0.25) is 0 Å². The third-order valence-corrected chi connectivity index (χ3v) is 9.08. The number of aliphatic hydroxyl groups excluding tert-OH is 1. The van der Waals surface area contributed by atoms with Crippen molar-refractivity contribution in [3.05, 3.63) is 71.9 Å². The van der Waals surface area contributed by atoms with E-state index >= 15 is 0 Å². The van der Waals surface area contributed by atoms with Crippen LogP contribution in [0.4, 0.5) is 0 Å². The zero-order chi connectivity index (χ0) is 36.6. The molecule has 0 saturated carbocycles. The Morgan fingerprint density at radius 3 is 2.22 bits per heavy atom. The molecule has 1 spiro atoms. The lowest BCUT2D eigenvalue weighted by molar-refractivity contribution is -0.344. The highest BCUT2D eigenvalue weighted by molar-refractivity contribution is 5.91. The lowest BCUT2D eigenvalue weighted by atomic mass is 9.78. The minimum Gasteiger partial charge on any atom is -0.478 e. The second kappa shape index (κ2) is 20.0. The minimum absolute atomic E-state index is 0.198. The van der Waals surface area contributed by atoms with Crippen molar-refractivity contribution in [1.29, 1.82) is 0 Å². The Hall–Kier alpha value is -3.80. The molecular weight excluding hydrogens is 632 g/mol. The zero-order valence-electron chi connectivity index (χ0n) is 29.4. The predicted molar refractivity (Wildman–Crippen MR) is 184 cm³/mol. The van der Waals surface area contributed by atoms with Crippen molar-refractivity contribution in [1.82, 2.24) is 0 Å². The van der Waals surface area contributed by atoms with Crippen LogP contribution in [-0.2, 0) is 33.4 Å². The fraction of sp³-hybridized carbons (Fsp3) is 0.579. The molecule has 0 amide bonds. The quantitative estimate of drug-likeness (QED) is 0.0523. The van der Waals surface area contributed by atoms with Crippen LogP contribution in [0.25, 0.3) is 0 Å². The van der Waals surface area contributed by atoms with Gasteiger partial charge in [0.15, 0.2) is 5.79 Å². The molecule has 7 atom stereocenters. The summed E-state index contributed by atoms with van der Waals surface area (Å²) in [5.41, 5.74) is 0.247. The first-order chi connectivity index (χ1) is 23.1. The Morgan fingerprint density at radius 2 is 1.57 bits per heavy atom. The molecule has 2 aliphatic rings. The third kappa shape index (κ3) is 14.3. The zero-order valence-corrected chi connectivity index (χ0v) is 29.4. The predicted octanol–water partition coefficient (Wildman–Crippen LogP) is 6.69. The first-order valence-corrected chi connectivity index (χ1v) is 17.1. The van der Waals surface area contributed by atoms with Crippen LogP contribution < -0.4 is 0 Å². The third-order valence-electron chi connectivity index (χ3n) is 9.08. The maximum absolute atomic E-state index is 12.9. The molecule has 2 fully saturated rings. The largest absolute Gasteiger partial charge is 0.478 e. The number of carboxylic acids is 3. The fourth-order valence-corrected chi connectivity index (χ4v) is 6.07. The van der Waals surface area contributed by atoms with Crippen LogP contribution in [0.3, 0.4) is 0 Å². The van der Waals surface area contributed by atoms with E-state index in [4.69, 9.17) is 24.4 Å². The molecule has 11 heteroatoms. The SMILES string of the molecule is CCCCCC[C@@]1(OC(=O)/C=C/C(=O)O)CC[C@]2(CC[C@H](C)[C@@H](C/C=C(C)/C=C/[C@H](O)[C@@H](C)/C=C/C(=O)O)O2)O[C@H]1/C=C/C(C)=C/C(=O)O. The van der Waals surface area contributed by atoms with Crippen LogP contribution in [0.15, 0.2) is 71.9 Å². The Kier molecular flexibility index (Phi) is 16.9. The summed E-state index contributed by atoms with van der Waals surface area (Å²) in [7, 11) is 0. The smallest absolute Gasteiger partial charge is 0.331 e. The maximum Gasteiger partial charge on any atom is 0.331 e. The number of aliphatic hydroxyl groups is 1. The number of carboxylic acid groups (broad SMARTS) is 3. The van der Waals surface area contributed by atoms with Crippen LogP contribution in [0, 0.1) is 11.8 Å². The molecule has 0 aromatic heterocycles. The van der Waals surface area contributed by atoms with Gasteiger partial charge in [0, 0.05) is 43.1 Å². The van der Waals surface area contributed by atoms with E-state index in [2.05, 4.69) is 13.8 Å². The van der Waals surface area contributed by atoms with Gasteiger partial charge in [0.05, 0.1) is 12.2 Å². The second-order valence-electron chi connectivity index (χ2n) is 13.3. The normalized spacial score (nSPS) is 28.1. The number of carbonyl (C=O) groups excluding carboxylic acids is 1. The number of ether oxygens (including phenoxy) is 3. The van der Waals surface area contributed by atoms with Crippen molar-refractivity contribution in [3.8, 4) is 0 Å². The van der Waals surface area contributed by atoms with Crippen LogP contribution in [0.5, 0.6) is 0 Å². The molecule has 0 unspecified atom stereocenters. The second-order valence-corrected chi connectivity index (χ2v) is 13.3. The van der Waals surface area contributed by atoms with Crippen molar-refractivity contribution in [2.24, 2.45) is 11.8 Å². The van der Waals surface area contributed by atoms with Gasteiger partial charge >= 0.3 is 23.9 Å². The number of aliphatic carboxylic acids is 3. The molecule has 2 saturated heterocycles. The fourth-order valence-electron chi connectivity index (χ4n) is 6.07. The van der Waals surface area contributed by atoms with Gasteiger partial charge in [0.25, 0.3) is 0 Å². The van der Waals surface area contributed by atoms with E-state index in [9.17, 15) is 29.4 Å². The minimum atomic E-state index is -1.27. The van der Waals surface area contributed by atoms with Crippen LogP contribution in [-0.4, -0.2) is 74.0 Å². The average molecular weight is 687 g/mol. The van der Waals surface area contributed by atoms with Gasteiger partial charge in [0.1, 0.15) is 11.7 Å². The first-order valence-electron chi connectivity index (χ1n) is 17.1. The number of rotatable bonds is 18. The summed E-state index contributed by atoms with van der Waals surface area (Å²) in [6.45, 7) is 9.51. The van der Waals surface area contributed by atoms with Crippen molar-refractivity contribution >= 4 is 23.9 Å². The van der Waals surface area contributed by atoms with E-state index in [0.29, 0.717) is 37.7 Å². The van der Waals surface area contributed by atoms with Gasteiger partial charge in [-0.1, -0.05) is 82.1 Å². The van der Waals surface area contributed by atoms with E-state index in [1.807, 2.05) is 13.0 Å².